The fourth-order valence-electron chi connectivity index (χ4n) is 2.03. The van der Waals surface area contributed by atoms with Gasteiger partial charge in [-0.3, -0.25) is 9.59 Å². The lowest BCUT2D eigenvalue weighted by Crippen LogP contribution is -2.26. The zero-order chi connectivity index (χ0) is 15.0. The van der Waals surface area contributed by atoms with Crippen LogP contribution in [0.25, 0.3) is 5.69 Å². The number of hydrogen-bond donors (Lipinski definition) is 2. The summed E-state index contributed by atoms with van der Waals surface area (Å²) in [7, 11) is 0. The van der Waals surface area contributed by atoms with E-state index in [2.05, 4.69) is 15.6 Å². The third kappa shape index (κ3) is 2.62. The van der Waals surface area contributed by atoms with Gasteiger partial charge in [0, 0.05) is 11.6 Å². The van der Waals surface area contributed by atoms with E-state index >= 15 is 0 Å². The zero-order valence-corrected chi connectivity index (χ0v) is 11.5. The molecule has 0 atom stereocenters. The van der Waals surface area contributed by atoms with Crippen molar-refractivity contribution in [2.24, 2.45) is 5.73 Å². The summed E-state index contributed by atoms with van der Waals surface area (Å²) >= 11 is 0. The number of carbonyl (C=O) groups is 2. The van der Waals surface area contributed by atoms with Crippen LogP contribution in [0.2, 0.25) is 0 Å². The summed E-state index contributed by atoms with van der Waals surface area (Å²) in [6, 6.07) is 6.93. The average Bonchev–Trinajstić information content (AvgIpc) is 3.19. The number of benzene rings is 1. The first-order valence-electron chi connectivity index (χ1n) is 6.69. The Morgan fingerprint density at radius 1 is 1.29 bits per heavy atom. The van der Waals surface area contributed by atoms with Gasteiger partial charge in [0.25, 0.3) is 5.91 Å². The molecule has 2 aromatic rings. The topological polar surface area (TPSA) is 103 Å². The molecule has 0 bridgehead atoms. The summed E-state index contributed by atoms with van der Waals surface area (Å²) in [4.78, 5) is 23.1. The number of nitrogens with zero attached hydrogens (tertiary/aromatic N) is 3. The van der Waals surface area contributed by atoms with E-state index in [0.717, 1.165) is 18.5 Å². The monoisotopic (exact) mass is 285 g/mol. The number of aromatic nitrogens is 3. The Bertz CT molecular complexity index is 701. The van der Waals surface area contributed by atoms with E-state index in [1.165, 1.54) is 0 Å². The van der Waals surface area contributed by atoms with Gasteiger partial charge in [0.2, 0.25) is 5.91 Å². The molecule has 108 valence electrons. The van der Waals surface area contributed by atoms with Crippen molar-refractivity contribution in [3.8, 4) is 5.69 Å². The summed E-state index contributed by atoms with van der Waals surface area (Å²) in [5, 5.41) is 10.8. The number of nitrogens with two attached hydrogens (primary N) is 1. The van der Waals surface area contributed by atoms with E-state index in [-0.39, 0.29) is 11.9 Å². The van der Waals surface area contributed by atoms with Crippen molar-refractivity contribution < 1.29 is 9.59 Å². The largest absolute Gasteiger partial charge is 0.366 e. The molecule has 1 aromatic carbocycles. The molecule has 7 nitrogen and oxygen atoms in total. The molecule has 0 radical (unpaired) electrons. The van der Waals surface area contributed by atoms with E-state index in [0.29, 0.717) is 17.0 Å². The van der Waals surface area contributed by atoms with Gasteiger partial charge in [-0.05, 0) is 44.0 Å². The highest BCUT2D eigenvalue weighted by Crippen LogP contribution is 2.20. The Balaban J connectivity index is 1.86. The molecule has 0 aliphatic heterocycles. The smallest absolute Gasteiger partial charge is 0.273 e. The Kier molecular flexibility index (Phi) is 3.17. The SMILES string of the molecule is Cc1c(C(=O)NC2CC2)nnn1-c1ccc(C(N)=O)cc1. The van der Waals surface area contributed by atoms with Gasteiger partial charge in [-0.25, -0.2) is 4.68 Å². The molecule has 21 heavy (non-hydrogen) atoms. The van der Waals surface area contributed by atoms with Gasteiger partial charge >= 0.3 is 0 Å². The average molecular weight is 285 g/mol. The summed E-state index contributed by atoms with van der Waals surface area (Å²) in [6.07, 6.45) is 2.04. The molecule has 3 N–H and O–H groups in total. The van der Waals surface area contributed by atoms with Crippen molar-refractivity contribution in [3.05, 3.63) is 41.2 Å². The fraction of sp³-hybridized carbons (Fsp3) is 0.286. The standard InChI is InChI=1S/C14H15N5O2/c1-8-12(14(21)16-10-4-5-10)17-18-19(8)11-6-2-9(3-7-11)13(15)20/h2-3,6-7,10H,4-5H2,1H3,(H2,15,20)(H,16,21). The minimum absolute atomic E-state index is 0.199. The molecule has 1 heterocycles. The number of rotatable bonds is 4. The maximum Gasteiger partial charge on any atom is 0.273 e. The van der Waals surface area contributed by atoms with E-state index in [1.807, 2.05) is 0 Å². The van der Waals surface area contributed by atoms with Crippen LogP contribution in [0.4, 0.5) is 0 Å². The van der Waals surface area contributed by atoms with Gasteiger partial charge in [0.1, 0.15) is 0 Å². The number of amides is 2. The van der Waals surface area contributed by atoms with Crippen molar-refractivity contribution >= 4 is 11.8 Å². The summed E-state index contributed by atoms with van der Waals surface area (Å²) in [5.41, 5.74) is 7.31. The van der Waals surface area contributed by atoms with Crippen molar-refractivity contribution in [2.45, 2.75) is 25.8 Å². The van der Waals surface area contributed by atoms with Crippen LogP contribution in [0.5, 0.6) is 0 Å². The second kappa shape index (κ2) is 5.01. The van der Waals surface area contributed by atoms with Crippen molar-refractivity contribution in [2.75, 3.05) is 0 Å². The van der Waals surface area contributed by atoms with Gasteiger partial charge in [0.15, 0.2) is 5.69 Å². The minimum atomic E-state index is -0.485. The summed E-state index contributed by atoms with van der Waals surface area (Å²) in [5.74, 6) is -0.684. The fourth-order valence-corrected chi connectivity index (χ4v) is 2.03. The molecule has 3 rings (SSSR count). The third-order valence-electron chi connectivity index (χ3n) is 3.42. The first kappa shape index (κ1) is 13.3. The molecule has 0 spiro atoms. The van der Waals surface area contributed by atoms with Crippen molar-refractivity contribution in [1.82, 2.24) is 20.3 Å². The van der Waals surface area contributed by atoms with Crippen LogP contribution >= 0.6 is 0 Å². The minimum Gasteiger partial charge on any atom is -0.366 e. The van der Waals surface area contributed by atoms with Crippen LogP contribution in [0.3, 0.4) is 0 Å². The Hall–Kier alpha value is -2.70. The molecule has 1 aromatic heterocycles. The molecule has 0 saturated heterocycles. The van der Waals surface area contributed by atoms with Crippen LogP contribution in [-0.2, 0) is 0 Å². The Morgan fingerprint density at radius 2 is 1.95 bits per heavy atom. The normalized spacial score (nSPS) is 14.0. The summed E-state index contributed by atoms with van der Waals surface area (Å²) in [6.45, 7) is 1.78. The highest BCUT2D eigenvalue weighted by molar-refractivity contribution is 5.94. The van der Waals surface area contributed by atoms with Gasteiger partial charge < -0.3 is 11.1 Å². The highest BCUT2D eigenvalue weighted by Gasteiger charge is 2.26. The van der Waals surface area contributed by atoms with Gasteiger partial charge in [-0.15, -0.1) is 5.10 Å². The van der Waals surface area contributed by atoms with Gasteiger partial charge in [-0.1, -0.05) is 5.21 Å². The second-order valence-corrected chi connectivity index (χ2v) is 5.09. The lowest BCUT2D eigenvalue weighted by atomic mass is 10.2. The van der Waals surface area contributed by atoms with Gasteiger partial charge in [0.05, 0.1) is 11.4 Å². The molecule has 2 amide bonds. The predicted molar refractivity (Wildman–Crippen MR) is 75.1 cm³/mol. The number of nitrogens with one attached hydrogen (secondary N) is 1. The van der Waals surface area contributed by atoms with Crippen LogP contribution < -0.4 is 11.1 Å². The first-order valence-corrected chi connectivity index (χ1v) is 6.69. The Morgan fingerprint density at radius 3 is 2.52 bits per heavy atom. The third-order valence-corrected chi connectivity index (χ3v) is 3.42. The van der Waals surface area contributed by atoms with Crippen LogP contribution in [0.15, 0.2) is 24.3 Å². The summed E-state index contributed by atoms with van der Waals surface area (Å²) < 4.78 is 1.56. The zero-order valence-electron chi connectivity index (χ0n) is 11.5. The van der Waals surface area contributed by atoms with E-state index in [4.69, 9.17) is 5.73 Å². The van der Waals surface area contributed by atoms with Gasteiger partial charge in [-0.2, -0.15) is 0 Å². The molecule has 1 aliphatic rings. The molecule has 0 unspecified atom stereocenters. The van der Waals surface area contributed by atoms with E-state index in [1.54, 1.807) is 35.9 Å². The molecule has 7 heteroatoms. The quantitative estimate of drug-likeness (QED) is 0.857. The number of hydrogen-bond acceptors (Lipinski definition) is 4. The van der Waals surface area contributed by atoms with E-state index in [9.17, 15) is 9.59 Å². The first-order chi connectivity index (χ1) is 10.1. The molecule has 1 aliphatic carbocycles. The highest BCUT2D eigenvalue weighted by atomic mass is 16.2. The number of primary amides is 1. The van der Waals surface area contributed by atoms with Crippen molar-refractivity contribution in [1.29, 1.82) is 0 Å². The lowest BCUT2D eigenvalue weighted by Gasteiger charge is -2.05. The Labute approximate surface area is 121 Å². The van der Waals surface area contributed by atoms with Crippen LogP contribution in [0.1, 0.15) is 39.4 Å². The maximum atomic E-state index is 12.0. The van der Waals surface area contributed by atoms with E-state index < -0.39 is 5.91 Å². The molecular formula is C14H15N5O2. The van der Waals surface area contributed by atoms with Crippen LogP contribution in [-0.4, -0.2) is 32.9 Å². The lowest BCUT2D eigenvalue weighted by molar-refractivity contribution is 0.0944. The molecule has 1 saturated carbocycles. The molecule has 1 fully saturated rings. The molecular weight excluding hydrogens is 270 g/mol. The van der Waals surface area contributed by atoms with Crippen LogP contribution in [0, 0.1) is 6.92 Å². The second-order valence-electron chi connectivity index (χ2n) is 5.09. The van der Waals surface area contributed by atoms with Crippen molar-refractivity contribution in [3.63, 3.8) is 0 Å². The number of carbonyl (C=O) groups excluding carboxylic acids is 2. The maximum absolute atomic E-state index is 12.0. The predicted octanol–water partition coefficient (Wildman–Crippen LogP) is 0.567.